The topological polar surface area (TPSA) is 113 Å². The van der Waals surface area contributed by atoms with Gasteiger partial charge in [-0.15, -0.1) is 5.10 Å². The second-order valence-corrected chi connectivity index (χ2v) is 6.28. The first-order valence-corrected chi connectivity index (χ1v) is 7.94. The summed E-state index contributed by atoms with van der Waals surface area (Å²) in [6.07, 6.45) is 2.27. The van der Waals surface area contributed by atoms with Crippen LogP contribution in [0.1, 0.15) is 24.5 Å². The van der Waals surface area contributed by atoms with Gasteiger partial charge in [-0.3, -0.25) is 0 Å². The van der Waals surface area contributed by atoms with Crippen LogP contribution in [0.3, 0.4) is 0 Å². The molecule has 0 aliphatic heterocycles. The van der Waals surface area contributed by atoms with Crippen molar-refractivity contribution in [2.75, 3.05) is 0 Å². The molecule has 114 valence electrons. The van der Waals surface area contributed by atoms with E-state index in [4.69, 9.17) is 4.52 Å². The molecule has 1 aliphatic carbocycles. The summed E-state index contributed by atoms with van der Waals surface area (Å²) < 4.78 is 9.39. The number of imidazole rings is 1. The molecule has 1 saturated carbocycles. The smallest absolute Gasteiger partial charge is 0.323 e. The van der Waals surface area contributed by atoms with E-state index in [1.54, 1.807) is 0 Å². The molecule has 5 rings (SSSR count). The standard InChI is InChI=1S/C14H10N6O2S/c21-14-15-8-4-3-7(5-9(8)16-14)12-17-13(22-19-12)11-10(6-1-2-6)18-20-23-11/h3-6H,1-2H2,(H2,15,16,21). The highest BCUT2D eigenvalue weighted by atomic mass is 32.1. The lowest BCUT2D eigenvalue weighted by molar-refractivity contribution is 0.433. The molecule has 4 aromatic rings. The summed E-state index contributed by atoms with van der Waals surface area (Å²) in [5.41, 5.74) is 2.93. The molecule has 8 nitrogen and oxygen atoms in total. The van der Waals surface area contributed by atoms with Gasteiger partial charge in [0, 0.05) is 11.5 Å². The molecule has 9 heteroatoms. The van der Waals surface area contributed by atoms with Crippen LogP contribution in [0.25, 0.3) is 33.2 Å². The Kier molecular flexibility index (Phi) is 2.54. The van der Waals surface area contributed by atoms with Crippen molar-refractivity contribution in [1.82, 2.24) is 29.7 Å². The van der Waals surface area contributed by atoms with Gasteiger partial charge >= 0.3 is 5.69 Å². The Labute approximate surface area is 132 Å². The largest absolute Gasteiger partial charge is 0.333 e. The zero-order chi connectivity index (χ0) is 15.4. The maximum Gasteiger partial charge on any atom is 0.323 e. The third-order valence-corrected chi connectivity index (χ3v) is 4.60. The minimum absolute atomic E-state index is 0.240. The summed E-state index contributed by atoms with van der Waals surface area (Å²) in [6.45, 7) is 0. The first-order valence-electron chi connectivity index (χ1n) is 7.17. The highest BCUT2D eigenvalue weighted by Gasteiger charge is 2.31. The Bertz CT molecular complexity index is 1070. The van der Waals surface area contributed by atoms with Crippen molar-refractivity contribution in [2.45, 2.75) is 18.8 Å². The van der Waals surface area contributed by atoms with E-state index < -0.39 is 0 Å². The van der Waals surface area contributed by atoms with E-state index in [0.29, 0.717) is 23.1 Å². The number of aromatic nitrogens is 6. The van der Waals surface area contributed by atoms with Gasteiger partial charge in [0.15, 0.2) is 0 Å². The zero-order valence-corrected chi connectivity index (χ0v) is 12.6. The minimum Gasteiger partial charge on any atom is -0.333 e. The van der Waals surface area contributed by atoms with Crippen LogP contribution in [0.5, 0.6) is 0 Å². The van der Waals surface area contributed by atoms with Gasteiger partial charge in [0.2, 0.25) is 5.82 Å². The van der Waals surface area contributed by atoms with Gasteiger partial charge in [-0.1, -0.05) is 9.64 Å². The Morgan fingerprint density at radius 2 is 2.09 bits per heavy atom. The molecule has 0 unspecified atom stereocenters. The average Bonchev–Trinajstić information content (AvgIpc) is 2.99. The molecule has 0 saturated heterocycles. The molecule has 0 spiro atoms. The molecule has 0 atom stereocenters. The molecular weight excluding hydrogens is 316 g/mol. The third-order valence-electron chi connectivity index (χ3n) is 3.87. The van der Waals surface area contributed by atoms with Crippen LogP contribution in [0.2, 0.25) is 0 Å². The number of rotatable bonds is 3. The van der Waals surface area contributed by atoms with E-state index in [1.807, 2.05) is 18.2 Å². The van der Waals surface area contributed by atoms with E-state index in [0.717, 1.165) is 34.5 Å². The van der Waals surface area contributed by atoms with Gasteiger partial charge in [-0.2, -0.15) is 4.98 Å². The highest BCUT2D eigenvalue weighted by Crippen LogP contribution is 2.44. The first kappa shape index (κ1) is 12.7. The Morgan fingerprint density at radius 1 is 1.22 bits per heavy atom. The molecule has 0 amide bonds. The summed E-state index contributed by atoms with van der Waals surface area (Å²) >= 11 is 1.28. The number of fused-ring (bicyclic) bond motifs is 1. The van der Waals surface area contributed by atoms with Crippen molar-refractivity contribution in [1.29, 1.82) is 0 Å². The summed E-state index contributed by atoms with van der Waals surface area (Å²) in [6, 6.07) is 5.46. The van der Waals surface area contributed by atoms with Gasteiger partial charge in [0.1, 0.15) is 4.88 Å². The van der Waals surface area contributed by atoms with Crippen LogP contribution in [0, 0.1) is 0 Å². The van der Waals surface area contributed by atoms with Crippen molar-refractivity contribution in [3.05, 3.63) is 34.4 Å². The van der Waals surface area contributed by atoms with E-state index in [1.165, 1.54) is 11.5 Å². The lowest BCUT2D eigenvalue weighted by Crippen LogP contribution is -1.99. The van der Waals surface area contributed by atoms with Crippen molar-refractivity contribution in [3.63, 3.8) is 0 Å². The molecular formula is C14H10N6O2S. The van der Waals surface area contributed by atoms with Crippen molar-refractivity contribution in [2.24, 2.45) is 0 Å². The Balaban J connectivity index is 1.57. The van der Waals surface area contributed by atoms with E-state index in [9.17, 15) is 4.79 Å². The van der Waals surface area contributed by atoms with Crippen LogP contribution in [-0.2, 0) is 0 Å². The van der Waals surface area contributed by atoms with Crippen LogP contribution in [0.4, 0.5) is 0 Å². The van der Waals surface area contributed by atoms with Gasteiger partial charge in [-0.05, 0) is 42.6 Å². The average molecular weight is 326 g/mol. The van der Waals surface area contributed by atoms with Gasteiger partial charge in [0.05, 0.1) is 16.7 Å². The molecule has 23 heavy (non-hydrogen) atoms. The number of hydrogen-bond acceptors (Lipinski definition) is 7. The van der Waals surface area contributed by atoms with Crippen molar-refractivity contribution >= 4 is 22.6 Å². The molecule has 1 fully saturated rings. The molecule has 2 N–H and O–H groups in total. The second-order valence-electron chi connectivity index (χ2n) is 5.52. The highest BCUT2D eigenvalue weighted by molar-refractivity contribution is 7.09. The van der Waals surface area contributed by atoms with Gasteiger partial charge < -0.3 is 14.5 Å². The van der Waals surface area contributed by atoms with Crippen molar-refractivity contribution in [3.8, 4) is 22.2 Å². The predicted molar refractivity (Wildman–Crippen MR) is 83.1 cm³/mol. The summed E-state index contributed by atoms with van der Waals surface area (Å²) in [5.74, 6) is 1.39. The van der Waals surface area contributed by atoms with Crippen LogP contribution >= 0.6 is 11.5 Å². The predicted octanol–water partition coefficient (Wildman–Crippen LogP) is 2.30. The van der Waals surface area contributed by atoms with Crippen LogP contribution in [-0.4, -0.2) is 29.7 Å². The molecule has 1 aromatic carbocycles. The van der Waals surface area contributed by atoms with Gasteiger partial charge in [-0.25, -0.2) is 4.79 Å². The van der Waals surface area contributed by atoms with E-state index in [2.05, 4.69) is 29.7 Å². The van der Waals surface area contributed by atoms with E-state index in [-0.39, 0.29) is 5.69 Å². The molecule has 0 bridgehead atoms. The lowest BCUT2D eigenvalue weighted by atomic mass is 10.2. The normalized spacial score (nSPS) is 14.6. The number of hydrogen-bond donors (Lipinski definition) is 2. The fraction of sp³-hybridized carbons (Fsp3) is 0.214. The minimum atomic E-state index is -0.240. The monoisotopic (exact) mass is 326 g/mol. The van der Waals surface area contributed by atoms with Crippen LogP contribution in [0.15, 0.2) is 27.5 Å². The second kappa shape index (κ2) is 4.59. The number of benzene rings is 1. The Morgan fingerprint density at radius 3 is 2.96 bits per heavy atom. The number of nitrogens with zero attached hydrogens (tertiary/aromatic N) is 4. The number of H-pyrrole nitrogens is 2. The molecule has 3 aromatic heterocycles. The van der Waals surface area contributed by atoms with Gasteiger partial charge in [0.25, 0.3) is 5.89 Å². The summed E-state index contributed by atoms with van der Waals surface area (Å²) in [7, 11) is 0. The summed E-state index contributed by atoms with van der Waals surface area (Å²) in [5, 5.41) is 8.22. The summed E-state index contributed by atoms with van der Waals surface area (Å²) in [4.78, 5) is 22.1. The quantitative estimate of drug-likeness (QED) is 0.597. The van der Waals surface area contributed by atoms with E-state index >= 15 is 0 Å². The Hall–Kier alpha value is -2.81. The maximum atomic E-state index is 11.3. The number of nitrogens with one attached hydrogen (secondary N) is 2. The SMILES string of the molecule is O=c1[nH]c2ccc(-c3noc(-c4snnc4C4CC4)n3)cc2[nH]1. The van der Waals surface area contributed by atoms with Crippen molar-refractivity contribution < 1.29 is 4.52 Å². The maximum absolute atomic E-state index is 11.3. The number of aromatic amines is 2. The van der Waals surface area contributed by atoms with Crippen LogP contribution < -0.4 is 5.69 Å². The molecule has 3 heterocycles. The molecule has 1 aliphatic rings. The third kappa shape index (κ3) is 2.08. The molecule has 0 radical (unpaired) electrons. The first-order chi connectivity index (χ1) is 11.3. The lowest BCUT2D eigenvalue weighted by Gasteiger charge is -1.94. The fourth-order valence-electron chi connectivity index (χ4n) is 2.57. The fourth-order valence-corrected chi connectivity index (χ4v) is 3.25. The zero-order valence-electron chi connectivity index (χ0n) is 11.7.